The summed E-state index contributed by atoms with van der Waals surface area (Å²) in [6.07, 6.45) is 4.83. The number of carbonyl (C=O) groups excluding carboxylic acids is 3. The summed E-state index contributed by atoms with van der Waals surface area (Å²) in [4.78, 5) is 41.9. The minimum Gasteiger partial charge on any atom is -0.348 e. The van der Waals surface area contributed by atoms with Crippen LogP contribution in [0.3, 0.4) is 0 Å². The van der Waals surface area contributed by atoms with Gasteiger partial charge in [0.1, 0.15) is 0 Å². The number of carbonyl (C=O) groups is 3. The van der Waals surface area contributed by atoms with E-state index in [2.05, 4.69) is 15.6 Å². The van der Waals surface area contributed by atoms with Crippen molar-refractivity contribution in [3.63, 3.8) is 0 Å². The van der Waals surface area contributed by atoms with Gasteiger partial charge >= 0.3 is 0 Å². The van der Waals surface area contributed by atoms with Gasteiger partial charge in [0.25, 0.3) is 11.8 Å². The highest BCUT2D eigenvalue weighted by Gasteiger charge is 2.29. The summed E-state index contributed by atoms with van der Waals surface area (Å²) < 4.78 is 0. The smallest absolute Gasteiger partial charge is 0.259 e. The summed E-state index contributed by atoms with van der Waals surface area (Å²) in [6.45, 7) is 0.316. The number of amides is 2. The molecule has 0 unspecified atom stereocenters. The van der Waals surface area contributed by atoms with E-state index < -0.39 is 11.7 Å². The Morgan fingerprint density at radius 3 is 2.63 bits per heavy atom. The molecule has 4 rings (SSSR count). The quantitative estimate of drug-likeness (QED) is 0.498. The van der Waals surface area contributed by atoms with Crippen LogP contribution in [0.15, 0.2) is 72.6 Å². The second-order valence-electron chi connectivity index (χ2n) is 6.70. The number of nitrogens with zero attached hydrogens (tertiary/aromatic N) is 1. The van der Waals surface area contributed by atoms with E-state index >= 15 is 0 Å². The van der Waals surface area contributed by atoms with Crippen molar-refractivity contribution < 1.29 is 14.4 Å². The number of halogens is 1. The maximum Gasteiger partial charge on any atom is 0.259 e. The zero-order chi connectivity index (χ0) is 21.1. The Kier molecular flexibility index (Phi) is 5.41. The summed E-state index contributed by atoms with van der Waals surface area (Å²) in [5.41, 5.74) is 2.50. The average Bonchev–Trinajstić information content (AvgIpc) is 2.77. The van der Waals surface area contributed by atoms with Gasteiger partial charge < -0.3 is 10.6 Å². The van der Waals surface area contributed by atoms with Crippen LogP contribution in [0.4, 0.5) is 5.69 Å². The molecule has 30 heavy (non-hydrogen) atoms. The normalized spacial score (nSPS) is 14.2. The van der Waals surface area contributed by atoms with Crippen LogP contribution in [0, 0.1) is 0 Å². The van der Waals surface area contributed by atoms with Gasteiger partial charge in [-0.25, -0.2) is 0 Å². The molecule has 0 spiro atoms. The predicted octanol–water partition coefficient (Wildman–Crippen LogP) is 3.88. The van der Waals surface area contributed by atoms with Gasteiger partial charge in [0.05, 0.1) is 11.3 Å². The summed E-state index contributed by atoms with van der Waals surface area (Å²) in [6, 6.07) is 15.0. The fourth-order valence-corrected chi connectivity index (χ4v) is 3.19. The van der Waals surface area contributed by atoms with Crippen LogP contribution < -0.4 is 10.6 Å². The van der Waals surface area contributed by atoms with Crippen LogP contribution in [-0.2, 0) is 11.3 Å². The minimum atomic E-state index is -0.490. The van der Waals surface area contributed by atoms with Crippen molar-refractivity contribution in [2.45, 2.75) is 6.54 Å². The van der Waals surface area contributed by atoms with Gasteiger partial charge in [-0.3, -0.25) is 19.4 Å². The van der Waals surface area contributed by atoms with Gasteiger partial charge in [-0.2, -0.15) is 0 Å². The molecule has 0 aliphatic carbocycles. The number of Topliss-reactive ketones (excluding diaryl/α,β-unsaturated/α-hetero) is 1. The number of aromatic nitrogens is 1. The number of pyridine rings is 1. The summed E-state index contributed by atoms with van der Waals surface area (Å²) in [5, 5.41) is 6.06. The third-order valence-electron chi connectivity index (χ3n) is 4.62. The molecule has 0 bridgehead atoms. The van der Waals surface area contributed by atoms with Gasteiger partial charge in [-0.1, -0.05) is 29.8 Å². The SMILES string of the molecule is O=C1Nc2ccc(C(=O)NCc3cccnc3)cc2C(=O)/C1=C/c1ccc(Cl)cc1. The lowest BCUT2D eigenvalue weighted by Crippen LogP contribution is -2.28. The highest BCUT2D eigenvalue weighted by atomic mass is 35.5. The Morgan fingerprint density at radius 2 is 1.90 bits per heavy atom. The van der Waals surface area contributed by atoms with Crippen LogP contribution in [0.25, 0.3) is 6.08 Å². The lowest BCUT2D eigenvalue weighted by Gasteiger charge is -2.19. The number of nitrogens with one attached hydrogen (secondary N) is 2. The van der Waals surface area contributed by atoms with E-state index in [1.54, 1.807) is 54.9 Å². The lowest BCUT2D eigenvalue weighted by molar-refractivity contribution is -0.112. The molecule has 2 amide bonds. The molecule has 1 aliphatic rings. The van der Waals surface area contributed by atoms with Crippen molar-refractivity contribution in [3.8, 4) is 0 Å². The first-order chi connectivity index (χ1) is 14.5. The molecule has 1 aliphatic heterocycles. The molecular weight excluding hydrogens is 402 g/mol. The highest BCUT2D eigenvalue weighted by Crippen LogP contribution is 2.28. The van der Waals surface area contributed by atoms with E-state index in [0.717, 1.165) is 5.56 Å². The zero-order valence-corrected chi connectivity index (χ0v) is 16.4. The van der Waals surface area contributed by atoms with Crippen LogP contribution in [0.5, 0.6) is 0 Å². The Labute approximate surface area is 177 Å². The topological polar surface area (TPSA) is 88.2 Å². The Balaban J connectivity index is 1.58. The summed E-state index contributed by atoms with van der Waals surface area (Å²) >= 11 is 5.88. The van der Waals surface area contributed by atoms with Crippen LogP contribution in [-0.4, -0.2) is 22.6 Å². The number of benzene rings is 2. The average molecular weight is 418 g/mol. The molecule has 6 nitrogen and oxygen atoms in total. The van der Waals surface area contributed by atoms with Crippen molar-refractivity contribution in [3.05, 3.63) is 99.8 Å². The van der Waals surface area contributed by atoms with Gasteiger partial charge in [0.2, 0.25) is 5.78 Å². The van der Waals surface area contributed by atoms with Gasteiger partial charge in [-0.15, -0.1) is 0 Å². The number of hydrogen-bond acceptors (Lipinski definition) is 4. The molecule has 1 aromatic heterocycles. The van der Waals surface area contributed by atoms with E-state index in [1.165, 1.54) is 12.1 Å². The Bertz CT molecular complexity index is 1170. The van der Waals surface area contributed by atoms with Crippen LogP contribution >= 0.6 is 11.6 Å². The van der Waals surface area contributed by atoms with E-state index in [0.29, 0.717) is 28.4 Å². The van der Waals surface area contributed by atoms with Crippen LogP contribution in [0.2, 0.25) is 5.02 Å². The second-order valence-corrected chi connectivity index (χ2v) is 7.13. The zero-order valence-electron chi connectivity index (χ0n) is 15.7. The predicted molar refractivity (Wildman–Crippen MR) is 114 cm³/mol. The highest BCUT2D eigenvalue weighted by molar-refractivity contribution is 6.36. The minimum absolute atomic E-state index is 0.00209. The maximum absolute atomic E-state index is 13.0. The van der Waals surface area contributed by atoms with E-state index in [4.69, 9.17) is 11.6 Å². The molecule has 2 N–H and O–H groups in total. The van der Waals surface area contributed by atoms with E-state index in [-0.39, 0.29) is 17.0 Å². The fourth-order valence-electron chi connectivity index (χ4n) is 3.06. The molecular formula is C23H16ClN3O3. The number of rotatable bonds is 4. The number of ketones is 1. The number of anilines is 1. The molecule has 7 heteroatoms. The largest absolute Gasteiger partial charge is 0.348 e. The molecule has 0 saturated heterocycles. The lowest BCUT2D eigenvalue weighted by atomic mass is 9.93. The molecule has 148 valence electrons. The number of fused-ring (bicyclic) bond motifs is 1. The van der Waals surface area contributed by atoms with Gasteiger partial charge in [-0.05, 0) is 53.6 Å². The van der Waals surface area contributed by atoms with Crippen molar-refractivity contribution in [2.75, 3.05) is 5.32 Å². The van der Waals surface area contributed by atoms with E-state index in [9.17, 15) is 14.4 Å². The first kappa shape index (κ1) is 19.5. The molecule has 0 radical (unpaired) electrons. The van der Waals surface area contributed by atoms with Crippen molar-refractivity contribution in [1.29, 1.82) is 0 Å². The third-order valence-corrected chi connectivity index (χ3v) is 4.87. The fraction of sp³-hybridized carbons (Fsp3) is 0.0435. The van der Waals surface area contributed by atoms with Gasteiger partial charge in [0, 0.05) is 35.1 Å². The maximum atomic E-state index is 13.0. The van der Waals surface area contributed by atoms with Gasteiger partial charge in [0.15, 0.2) is 0 Å². The van der Waals surface area contributed by atoms with E-state index in [1.807, 2.05) is 6.07 Å². The Hall–Kier alpha value is -3.77. The second kappa shape index (κ2) is 8.31. The summed E-state index contributed by atoms with van der Waals surface area (Å²) in [7, 11) is 0. The Morgan fingerprint density at radius 1 is 1.10 bits per heavy atom. The first-order valence-electron chi connectivity index (χ1n) is 9.16. The molecule has 0 saturated carbocycles. The summed E-state index contributed by atoms with van der Waals surface area (Å²) in [5.74, 6) is -1.25. The third kappa shape index (κ3) is 4.14. The monoisotopic (exact) mass is 417 g/mol. The molecule has 0 fully saturated rings. The molecule has 0 atom stereocenters. The van der Waals surface area contributed by atoms with Crippen molar-refractivity contribution >= 4 is 41.0 Å². The first-order valence-corrected chi connectivity index (χ1v) is 9.53. The molecule has 2 heterocycles. The van der Waals surface area contributed by atoms with Crippen molar-refractivity contribution in [2.24, 2.45) is 0 Å². The van der Waals surface area contributed by atoms with Crippen molar-refractivity contribution in [1.82, 2.24) is 10.3 Å². The molecule has 3 aromatic rings. The number of hydrogen-bond donors (Lipinski definition) is 2. The molecule has 2 aromatic carbocycles. The van der Waals surface area contributed by atoms with Crippen LogP contribution in [0.1, 0.15) is 31.8 Å². The standard InChI is InChI=1S/C23H16ClN3O3/c24-17-6-3-14(4-7-17)10-19-21(28)18-11-16(5-8-20(18)27-23(19)30)22(29)26-13-15-2-1-9-25-12-15/h1-12H,13H2,(H,26,29)(H,27,30)/b19-10-.